The third-order valence-corrected chi connectivity index (χ3v) is 4.60. The molecule has 0 bridgehead atoms. The first-order valence-corrected chi connectivity index (χ1v) is 7.99. The molecular formula is C14H20BrN5O. The van der Waals surface area contributed by atoms with Crippen LogP contribution in [0.2, 0.25) is 0 Å². The average Bonchev–Trinajstić information content (AvgIpc) is 2.84. The maximum absolute atomic E-state index is 5.96. The lowest BCUT2D eigenvalue weighted by Crippen LogP contribution is -2.37. The summed E-state index contributed by atoms with van der Waals surface area (Å²) < 4.78 is 8.02. The summed E-state index contributed by atoms with van der Waals surface area (Å²) in [5.74, 6) is 1.99. The van der Waals surface area contributed by atoms with Crippen molar-refractivity contribution in [1.29, 1.82) is 0 Å². The summed E-state index contributed by atoms with van der Waals surface area (Å²) in [5.41, 5.74) is 6.83. The van der Waals surface area contributed by atoms with Crippen molar-refractivity contribution in [2.45, 2.75) is 18.8 Å². The van der Waals surface area contributed by atoms with Crippen LogP contribution in [0.1, 0.15) is 24.6 Å². The maximum atomic E-state index is 5.96. The van der Waals surface area contributed by atoms with Crippen molar-refractivity contribution in [3.63, 3.8) is 0 Å². The van der Waals surface area contributed by atoms with Gasteiger partial charge in [0.1, 0.15) is 15.9 Å². The van der Waals surface area contributed by atoms with Gasteiger partial charge in [-0.1, -0.05) is 0 Å². The van der Waals surface area contributed by atoms with Gasteiger partial charge in [0.15, 0.2) is 5.82 Å². The number of rotatable bonds is 4. The molecule has 0 unspecified atom stereocenters. The fourth-order valence-electron chi connectivity index (χ4n) is 3.02. The molecule has 0 spiro atoms. The molecule has 1 aliphatic heterocycles. The molecule has 6 nitrogen and oxygen atoms in total. The van der Waals surface area contributed by atoms with Gasteiger partial charge in [-0.25, -0.2) is 9.97 Å². The number of methoxy groups -OCH3 is 1. The van der Waals surface area contributed by atoms with Crippen LogP contribution in [0.4, 0.5) is 5.82 Å². The van der Waals surface area contributed by atoms with E-state index in [9.17, 15) is 0 Å². The van der Waals surface area contributed by atoms with Crippen LogP contribution in [0, 0.1) is 0 Å². The van der Waals surface area contributed by atoms with Gasteiger partial charge in [0.05, 0.1) is 6.61 Å². The normalized spacial score (nSPS) is 20.2. The van der Waals surface area contributed by atoms with Gasteiger partial charge in [0.2, 0.25) is 0 Å². The molecule has 21 heavy (non-hydrogen) atoms. The van der Waals surface area contributed by atoms with E-state index in [-0.39, 0.29) is 0 Å². The van der Waals surface area contributed by atoms with Crippen LogP contribution >= 0.6 is 15.9 Å². The highest BCUT2D eigenvalue weighted by Gasteiger charge is 2.26. The average molecular weight is 354 g/mol. The molecule has 0 radical (unpaired) electrons. The number of piperidine rings is 1. The fourth-order valence-corrected chi connectivity index (χ4v) is 3.60. The van der Waals surface area contributed by atoms with E-state index in [0.717, 1.165) is 48.6 Å². The van der Waals surface area contributed by atoms with Gasteiger partial charge in [-0.05, 0) is 35.3 Å². The summed E-state index contributed by atoms with van der Waals surface area (Å²) >= 11 is 3.51. The number of nitrogens with two attached hydrogens (primary N) is 1. The molecule has 114 valence electrons. The molecule has 2 aromatic rings. The molecular weight excluding hydrogens is 334 g/mol. The van der Waals surface area contributed by atoms with E-state index in [2.05, 4.69) is 30.2 Å². The number of halogens is 1. The van der Waals surface area contributed by atoms with Crippen molar-refractivity contribution in [2.75, 3.05) is 39.1 Å². The van der Waals surface area contributed by atoms with Gasteiger partial charge in [-0.2, -0.15) is 0 Å². The number of fused-ring (bicyclic) bond motifs is 1. The second kappa shape index (κ2) is 6.29. The van der Waals surface area contributed by atoms with Crippen molar-refractivity contribution in [2.24, 2.45) is 0 Å². The zero-order valence-corrected chi connectivity index (χ0v) is 13.7. The summed E-state index contributed by atoms with van der Waals surface area (Å²) in [6.45, 7) is 3.89. The number of imidazole rings is 1. The Labute approximate surface area is 132 Å². The SMILES string of the molecule is COCCN1CCC[C@@H](c2nc(Br)c3c(N)nccn23)C1. The van der Waals surface area contributed by atoms with Crippen LogP contribution < -0.4 is 5.73 Å². The molecule has 1 saturated heterocycles. The van der Waals surface area contributed by atoms with E-state index >= 15 is 0 Å². The maximum Gasteiger partial charge on any atom is 0.150 e. The van der Waals surface area contributed by atoms with Gasteiger partial charge >= 0.3 is 0 Å². The Bertz CT molecular complexity index is 629. The highest BCUT2D eigenvalue weighted by atomic mass is 79.9. The molecule has 1 aliphatic rings. The molecule has 2 aromatic heterocycles. The molecule has 1 fully saturated rings. The molecule has 2 N–H and O–H groups in total. The van der Waals surface area contributed by atoms with Crippen molar-refractivity contribution in [1.82, 2.24) is 19.3 Å². The molecule has 3 rings (SSSR count). The lowest BCUT2D eigenvalue weighted by molar-refractivity contribution is 0.127. The monoisotopic (exact) mass is 353 g/mol. The first-order valence-electron chi connectivity index (χ1n) is 7.20. The van der Waals surface area contributed by atoms with Crippen LogP contribution in [0.25, 0.3) is 5.52 Å². The summed E-state index contributed by atoms with van der Waals surface area (Å²) in [4.78, 5) is 11.3. The van der Waals surface area contributed by atoms with Crippen LogP contribution in [-0.4, -0.2) is 52.6 Å². The number of ether oxygens (including phenoxy) is 1. The summed E-state index contributed by atoms with van der Waals surface area (Å²) in [6.07, 6.45) is 6.00. The topological polar surface area (TPSA) is 68.7 Å². The predicted octanol–water partition coefficient (Wildman–Crippen LogP) is 1.90. The Morgan fingerprint density at radius 2 is 2.38 bits per heavy atom. The van der Waals surface area contributed by atoms with E-state index in [1.807, 2.05) is 6.20 Å². The fraction of sp³-hybridized carbons (Fsp3) is 0.571. The van der Waals surface area contributed by atoms with Gasteiger partial charge in [-0.15, -0.1) is 0 Å². The molecule has 0 saturated carbocycles. The number of aromatic nitrogens is 3. The standard InChI is InChI=1S/C14H20BrN5O/c1-21-8-7-19-5-2-3-10(9-19)14-18-12(15)11-13(16)17-4-6-20(11)14/h4,6,10H,2-3,5,7-9H2,1H3,(H2,16,17)/t10-/m1/s1. The molecule has 7 heteroatoms. The van der Waals surface area contributed by atoms with Crippen LogP contribution in [0.5, 0.6) is 0 Å². The molecule has 1 atom stereocenters. The number of anilines is 1. The number of hydrogen-bond acceptors (Lipinski definition) is 5. The third-order valence-electron chi connectivity index (χ3n) is 4.05. The lowest BCUT2D eigenvalue weighted by Gasteiger charge is -2.31. The highest BCUT2D eigenvalue weighted by Crippen LogP contribution is 2.31. The number of hydrogen-bond donors (Lipinski definition) is 1. The second-order valence-electron chi connectivity index (χ2n) is 5.42. The molecule has 3 heterocycles. The zero-order chi connectivity index (χ0) is 14.8. The third kappa shape index (κ3) is 2.90. The second-order valence-corrected chi connectivity index (χ2v) is 6.18. The number of likely N-dealkylation sites (tertiary alicyclic amines) is 1. The summed E-state index contributed by atoms with van der Waals surface area (Å²) in [5, 5.41) is 0. The van der Waals surface area contributed by atoms with E-state index in [1.54, 1.807) is 13.3 Å². The first kappa shape index (κ1) is 14.7. The Balaban J connectivity index is 1.88. The van der Waals surface area contributed by atoms with Crippen LogP contribution in [-0.2, 0) is 4.74 Å². The Morgan fingerprint density at radius 3 is 3.19 bits per heavy atom. The minimum Gasteiger partial charge on any atom is -0.383 e. The van der Waals surface area contributed by atoms with E-state index in [1.165, 1.54) is 6.42 Å². The minimum atomic E-state index is 0.413. The van der Waals surface area contributed by atoms with Crippen molar-refractivity contribution >= 4 is 27.3 Å². The van der Waals surface area contributed by atoms with Crippen molar-refractivity contribution in [3.05, 3.63) is 22.8 Å². The smallest absolute Gasteiger partial charge is 0.150 e. The predicted molar refractivity (Wildman–Crippen MR) is 85.4 cm³/mol. The quantitative estimate of drug-likeness (QED) is 0.908. The summed E-state index contributed by atoms with van der Waals surface area (Å²) in [6, 6.07) is 0. The van der Waals surface area contributed by atoms with Gasteiger partial charge in [-0.3, -0.25) is 4.40 Å². The Hall–Kier alpha value is -1.18. The zero-order valence-electron chi connectivity index (χ0n) is 12.1. The van der Waals surface area contributed by atoms with E-state index in [4.69, 9.17) is 15.5 Å². The summed E-state index contributed by atoms with van der Waals surface area (Å²) in [7, 11) is 1.75. The largest absolute Gasteiger partial charge is 0.383 e. The van der Waals surface area contributed by atoms with Crippen molar-refractivity contribution < 1.29 is 4.74 Å². The minimum absolute atomic E-state index is 0.413. The highest BCUT2D eigenvalue weighted by molar-refractivity contribution is 9.10. The molecule has 0 aliphatic carbocycles. The Morgan fingerprint density at radius 1 is 1.52 bits per heavy atom. The van der Waals surface area contributed by atoms with Gasteiger partial charge in [0, 0.05) is 38.5 Å². The van der Waals surface area contributed by atoms with Gasteiger partial charge in [0.25, 0.3) is 0 Å². The molecule has 0 aromatic carbocycles. The lowest BCUT2D eigenvalue weighted by atomic mass is 9.97. The van der Waals surface area contributed by atoms with Crippen molar-refractivity contribution in [3.8, 4) is 0 Å². The van der Waals surface area contributed by atoms with Crippen LogP contribution in [0.15, 0.2) is 17.0 Å². The molecule has 0 amide bonds. The Kier molecular flexibility index (Phi) is 4.42. The van der Waals surface area contributed by atoms with Gasteiger partial charge < -0.3 is 15.4 Å². The number of nitrogens with zero attached hydrogens (tertiary/aromatic N) is 4. The van der Waals surface area contributed by atoms with E-state index in [0.29, 0.717) is 11.7 Å². The van der Waals surface area contributed by atoms with Crippen LogP contribution in [0.3, 0.4) is 0 Å². The first-order chi connectivity index (χ1) is 10.2. The van der Waals surface area contributed by atoms with E-state index < -0.39 is 0 Å². The number of nitrogen functional groups attached to an aromatic ring is 1.